The lowest BCUT2D eigenvalue weighted by Gasteiger charge is -2.16. The zero-order chi connectivity index (χ0) is 12.2. The minimum atomic E-state index is -3.57. The predicted molar refractivity (Wildman–Crippen MR) is 54.1 cm³/mol. The molecule has 16 heavy (non-hydrogen) atoms. The molecule has 0 aliphatic rings. The molecule has 3 nitrogen and oxygen atoms in total. The van der Waals surface area contributed by atoms with Crippen LogP contribution in [0.4, 0.5) is 8.78 Å². The number of carbonyl (C=O) groups excluding carboxylic acids is 1. The van der Waals surface area contributed by atoms with E-state index in [0.717, 1.165) is 6.07 Å². The maximum Gasteiger partial charge on any atom is 0.331 e. The fraction of sp³-hybridized carbons (Fsp3) is 0.364. The first-order valence-corrected chi connectivity index (χ1v) is 4.71. The van der Waals surface area contributed by atoms with Crippen molar-refractivity contribution in [3.8, 4) is 11.5 Å². The Morgan fingerprint density at radius 3 is 2.62 bits per heavy atom. The first kappa shape index (κ1) is 12.4. The summed E-state index contributed by atoms with van der Waals surface area (Å²) in [5.41, 5.74) is -0.490. The highest BCUT2D eigenvalue weighted by Crippen LogP contribution is 2.39. The van der Waals surface area contributed by atoms with Gasteiger partial charge in [-0.3, -0.25) is 4.79 Å². The fourth-order valence-corrected chi connectivity index (χ4v) is 1.32. The monoisotopic (exact) mass is 230 g/mol. The summed E-state index contributed by atoms with van der Waals surface area (Å²) in [6.45, 7) is 2.05. The lowest BCUT2D eigenvalue weighted by Crippen LogP contribution is -2.16. The van der Waals surface area contributed by atoms with Crippen molar-refractivity contribution in [3.63, 3.8) is 0 Å². The topological polar surface area (TPSA) is 35.5 Å². The van der Waals surface area contributed by atoms with Crippen LogP contribution < -0.4 is 9.47 Å². The normalized spacial score (nSPS) is 11.0. The van der Waals surface area contributed by atoms with Crippen LogP contribution in [0, 0.1) is 0 Å². The number of ether oxygens (including phenoxy) is 2. The van der Waals surface area contributed by atoms with Crippen molar-refractivity contribution in [2.24, 2.45) is 0 Å². The van der Waals surface area contributed by atoms with Gasteiger partial charge in [0.25, 0.3) is 0 Å². The van der Waals surface area contributed by atoms with Gasteiger partial charge in [-0.15, -0.1) is 0 Å². The number of benzene rings is 1. The summed E-state index contributed by atoms with van der Waals surface area (Å²) in [4.78, 5) is 10.3. The minimum Gasteiger partial charge on any atom is -0.492 e. The number of halogens is 2. The van der Waals surface area contributed by atoms with Crippen LogP contribution in [-0.4, -0.2) is 20.0 Å². The summed E-state index contributed by atoms with van der Waals surface area (Å²) in [7, 11) is 1.25. The molecule has 5 heteroatoms. The molecule has 0 radical (unpaired) electrons. The van der Waals surface area contributed by atoms with Crippen molar-refractivity contribution in [3.05, 3.63) is 23.8 Å². The molecular weight excluding hydrogens is 218 g/mol. The Labute approximate surface area is 92.0 Å². The molecule has 0 aliphatic heterocycles. The molecule has 1 aromatic carbocycles. The maximum atomic E-state index is 13.2. The molecule has 88 valence electrons. The van der Waals surface area contributed by atoms with Gasteiger partial charge in [0.05, 0.1) is 19.3 Å². The van der Waals surface area contributed by atoms with Crippen molar-refractivity contribution < 1.29 is 23.0 Å². The van der Waals surface area contributed by atoms with E-state index in [1.807, 2.05) is 0 Å². The third-order valence-electron chi connectivity index (χ3n) is 1.99. The van der Waals surface area contributed by atoms with Crippen molar-refractivity contribution in [1.82, 2.24) is 0 Å². The SMILES string of the molecule is CCOc1cccc(C(F)(F)C=O)c1OC. The summed E-state index contributed by atoms with van der Waals surface area (Å²) < 4.78 is 36.5. The molecule has 0 aromatic heterocycles. The second kappa shape index (κ2) is 4.92. The first-order chi connectivity index (χ1) is 7.56. The second-order valence-corrected chi connectivity index (χ2v) is 3.01. The summed E-state index contributed by atoms with van der Waals surface area (Å²) in [6.07, 6.45) is -0.416. The van der Waals surface area contributed by atoms with Gasteiger partial charge >= 0.3 is 5.92 Å². The van der Waals surface area contributed by atoms with Gasteiger partial charge in [-0.05, 0) is 19.1 Å². The van der Waals surface area contributed by atoms with E-state index in [1.54, 1.807) is 6.92 Å². The molecular formula is C11H12F2O3. The molecule has 0 bridgehead atoms. The molecule has 0 fully saturated rings. The third kappa shape index (κ3) is 2.29. The number of hydrogen-bond acceptors (Lipinski definition) is 3. The number of aldehydes is 1. The maximum absolute atomic E-state index is 13.2. The largest absolute Gasteiger partial charge is 0.492 e. The summed E-state index contributed by atoms with van der Waals surface area (Å²) in [5.74, 6) is -3.48. The zero-order valence-corrected chi connectivity index (χ0v) is 9.00. The highest BCUT2D eigenvalue weighted by Gasteiger charge is 2.35. The Hall–Kier alpha value is -1.65. The van der Waals surface area contributed by atoms with E-state index in [2.05, 4.69) is 0 Å². The van der Waals surface area contributed by atoms with Crippen molar-refractivity contribution >= 4 is 6.29 Å². The quantitative estimate of drug-likeness (QED) is 0.728. The van der Waals surface area contributed by atoms with Gasteiger partial charge in [0.1, 0.15) is 0 Å². The van der Waals surface area contributed by atoms with Crippen LogP contribution in [0.1, 0.15) is 12.5 Å². The fourth-order valence-electron chi connectivity index (χ4n) is 1.32. The average Bonchev–Trinajstić information content (AvgIpc) is 2.29. The van der Waals surface area contributed by atoms with Gasteiger partial charge in [0.2, 0.25) is 0 Å². The number of carbonyl (C=O) groups is 1. The Kier molecular flexibility index (Phi) is 3.82. The summed E-state index contributed by atoms with van der Waals surface area (Å²) >= 11 is 0. The molecule has 1 aromatic rings. The van der Waals surface area contributed by atoms with Gasteiger partial charge < -0.3 is 9.47 Å². The molecule has 0 spiro atoms. The van der Waals surface area contributed by atoms with Gasteiger partial charge in [-0.1, -0.05) is 6.07 Å². The molecule has 0 heterocycles. The molecule has 0 unspecified atom stereocenters. The van der Waals surface area contributed by atoms with Crippen LogP contribution >= 0.6 is 0 Å². The van der Waals surface area contributed by atoms with E-state index in [0.29, 0.717) is 6.61 Å². The molecule has 0 saturated heterocycles. The average molecular weight is 230 g/mol. The lowest BCUT2D eigenvalue weighted by molar-refractivity contribution is -0.130. The molecule has 0 atom stereocenters. The van der Waals surface area contributed by atoms with Crippen LogP contribution in [0.25, 0.3) is 0 Å². The Balaban J connectivity index is 3.28. The van der Waals surface area contributed by atoms with Crippen LogP contribution in [-0.2, 0) is 10.7 Å². The van der Waals surface area contributed by atoms with Crippen LogP contribution in [0.2, 0.25) is 0 Å². The number of alkyl halides is 2. The Morgan fingerprint density at radius 1 is 1.44 bits per heavy atom. The van der Waals surface area contributed by atoms with E-state index < -0.39 is 17.8 Å². The van der Waals surface area contributed by atoms with Crippen LogP contribution in [0.5, 0.6) is 11.5 Å². The zero-order valence-electron chi connectivity index (χ0n) is 9.00. The standard InChI is InChI=1S/C11H12F2O3/c1-3-16-9-6-4-5-8(10(9)15-2)11(12,13)7-14/h4-7H,3H2,1-2H3. The van der Waals surface area contributed by atoms with Crippen LogP contribution in [0.3, 0.4) is 0 Å². The van der Waals surface area contributed by atoms with Crippen LogP contribution in [0.15, 0.2) is 18.2 Å². The van der Waals surface area contributed by atoms with E-state index in [-0.39, 0.29) is 11.5 Å². The van der Waals surface area contributed by atoms with Gasteiger partial charge in [-0.25, -0.2) is 0 Å². The summed E-state index contributed by atoms with van der Waals surface area (Å²) in [6, 6.07) is 4.03. The highest BCUT2D eigenvalue weighted by atomic mass is 19.3. The van der Waals surface area contributed by atoms with Crippen molar-refractivity contribution in [2.75, 3.05) is 13.7 Å². The number of para-hydroxylation sites is 1. The number of rotatable bonds is 5. The number of methoxy groups -OCH3 is 1. The predicted octanol–water partition coefficient (Wildman–Crippen LogP) is 2.38. The molecule has 1 rings (SSSR count). The minimum absolute atomic E-state index is 0.110. The van der Waals surface area contributed by atoms with E-state index in [1.165, 1.54) is 19.2 Å². The lowest BCUT2D eigenvalue weighted by atomic mass is 10.1. The second-order valence-electron chi connectivity index (χ2n) is 3.01. The Morgan fingerprint density at radius 2 is 2.12 bits per heavy atom. The molecule has 0 N–H and O–H groups in total. The Bertz CT molecular complexity index is 377. The van der Waals surface area contributed by atoms with E-state index >= 15 is 0 Å². The smallest absolute Gasteiger partial charge is 0.331 e. The molecule has 0 aliphatic carbocycles. The number of hydrogen-bond donors (Lipinski definition) is 0. The summed E-state index contributed by atoms with van der Waals surface area (Å²) in [5, 5.41) is 0. The van der Waals surface area contributed by atoms with E-state index in [9.17, 15) is 13.6 Å². The highest BCUT2D eigenvalue weighted by molar-refractivity contribution is 5.67. The van der Waals surface area contributed by atoms with Crippen molar-refractivity contribution in [1.29, 1.82) is 0 Å². The molecule has 0 amide bonds. The van der Waals surface area contributed by atoms with Gasteiger partial charge in [-0.2, -0.15) is 8.78 Å². The van der Waals surface area contributed by atoms with E-state index in [4.69, 9.17) is 9.47 Å². The first-order valence-electron chi connectivity index (χ1n) is 4.71. The van der Waals surface area contributed by atoms with Crippen molar-refractivity contribution in [2.45, 2.75) is 12.8 Å². The van der Waals surface area contributed by atoms with Gasteiger partial charge in [0.15, 0.2) is 17.8 Å². The third-order valence-corrected chi connectivity index (χ3v) is 1.99. The van der Waals surface area contributed by atoms with Gasteiger partial charge in [0, 0.05) is 0 Å². The molecule has 0 saturated carbocycles.